The van der Waals surface area contributed by atoms with Crippen molar-refractivity contribution in [1.82, 2.24) is 9.80 Å². The minimum absolute atomic E-state index is 0.201. The molecular formula is C19H25F3N2O4. The summed E-state index contributed by atoms with van der Waals surface area (Å²) < 4.78 is 49.3. The lowest BCUT2D eigenvalue weighted by atomic mass is 10.0. The molecule has 0 saturated carbocycles. The standard InChI is InChI=1S/C19H25F3N2O4/c1-18(2,3)28-17(26)24-10-8-23(9-11-24)15(16(25)27-4)13-6-5-7-14(12-13)19(20,21)22/h5-7,12,15H,8-11H2,1-4H3. The van der Waals surface area contributed by atoms with Gasteiger partial charge in [-0.3, -0.25) is 4.90 Å². The molecule has 0 bridgehead atoms. The molecule has 1 aromatic rings. The number of carbonyl (C=O) groups is 2. The van der Waals surface area contributed by atoms with Crippen molar-refractivity contribution in [1.29, 1.82) is 0 Å². The molecule has 0 N–H and O–H groups in total. The summed E-state index contributed by atoms with van der Waals surface area (Å²) in [5.74, 6) is -0.648. The smallest absolute Gasteiger partial charge is 0.416 e. The molecule has 1 saturated heterocycles. The number of alkyl halides is 3. The summed E-state index contributed by atoms with van der Waals surface area (Å²) in [5.41, 5.74) is -1.25. The van der Waals surface area contributed by atoms with Gasteiger partial charge in [-0.15, -0.1) is 0 Å². The zero-order valence-corrected chi connectivity index (χ0v) is 16.4. The van der Waals surface area contributed by atoms with Crippen LogP contribution in [0, 0.1) is 0 Å². The third-order valence-corrected chi connectivity index (χ3v) is 4.29. The predicted octanol–water partition coefficient (Wildman–Crippen LogP) is 3.47. The number of halogens is 3. The number of hydrogen-bond donors (Lipinski definition) is 0. The van der Waals surface area contributed by atoms with Crippen molar-refractivity contribution >= 4 is 12.1 Å². The van der Waals surface area contributed by atoms with E-state index in [1.165, 1.54) is 24.1 Å². The lowest BCUT2D eigenvalue weighted by Gasteiger charge is -2.38. The van der Waals surface area contributed by atoms with Gasteiger partial charge in [0.1, 0.15) is 11.6 Å². The third kappa shape index (κ3) is 5.60. The highest BCUT2D eigenvalue weighted by atomic mass is 19.4. The molecule has 1 heterocycles. The van der Waals surface area contributed by atoms with Gasteiger partial charge in [0, 0.05) is 26.2 Å². The molecule has 1 aliphatic heterocycles. The fraction of sp³-hybridized carbons (Fsp3) is 0.579. The highest BCUT2D eigenvalue weighted by Gasteiger charge is 2.36. The van der Waals surface area contributed by atoms with Gasteiger partial charge in [0.15, 0.2) is 0 Å². The third-order valence-electron chi connectivity index (χ3n) is 4.29. The molecule has 1 aliphatic rings. The van der Waals surface area contributed by atoms with Crippen LogP contribution in [0.3, 0.4) is 0 Å². The molecule has 1 amide bonds. The summed E-state index contributed by atoms with van der Waals surface area (Å²) in [6, 6.07) is 3.68. The zero-order chi connectivity index (χ0) is 21.1. The Kier molecular flexibility index (Phi) is 6.59. The number of rotatable bonds is 3. The summed E-state index contributed by atoms with van der Waals surface area (Å²) >= 11 is 0. The van der Waals surface area contributed by atoms with E-state index in [1.54, 1.807) is 25.7 Å². The van der Waals surface area contributed by atoms with Gasteiger partial charge in [-0.25, -0.2) is 9.59 Å². The summed E-state index contributed by atoms with van der Waals surface area (Å²) in [4.78, 5) is 27.7. The maximum absolute atomic E-state index is 13.0. The first-order valence-corrected chi connectivity index (χ1v) is 8.89. The highest BCUT2D eigenvalue weighted by Crippen LogP contribution is 2.32. The van der Waals surface area contributed by atoms with Crippen LogP contribution in [-0.2, 0) is 20.4 Å². The van der Waals surface area contributed by atoms with Crippen LogP contribution < -0.4 is 0 Å². The molecule has 0 spiro atoms. The van der Waals surface area contributed by atoms with Gasteiger partial charge in [-0.1, -0.05) is 12.1 Å². The van der Waals surface area contributed by atoms with Gasteiger partial charge in [0.2, 0.25) is 0 Å². The molecule has 2 rings (SSSR count). The molecule has 0 radical (unpaired) electrons. The van der Waals surface area contributed by atoms with Crippen LogP contribution >= 0.6 is 0 Å². The predicted molar refractivity (Wildman–Crippen MR) is 95.6 cm³/mol. The lowest BCUT2D eigenvalue weighted by molar-refractivity contribution is -0.148. The van der Waals surface area contributed by atoms with Crippen molar-refractivity contribution in [3.05, 3.63) is 35.4 Å². The van der Waals surface area contributed by atoms with Crippen molar-refractivity contribution in [2.75, 3.05) is 33.3 Å². The van der Waals surface area contributed by atoms with Crippen LogP contribution in [0.2, 0.25) is 0 Å². The number of methoxy groups -OCH3 is 1. The van der Waals surface area contributed by atoms with E-state index in [0.29, 0.717) is 26.2 Å². The monoisotopic (exact) mass is 402 g/mol. The van der Waals surface area contributed by atoms with E-state index < -0.39 is 35.4 Å². The van der Waals surface area contributed by atoms with Crippen LogP contribution in [0.15, 0.2) is 24.3 Å². The molecule has 156 valence electrons. The van der Waals surface area contributed by atoms with Crippen LogP contribution in [0.1, 0.15) is 37.9 Å². The van der Waals surface area contributed by atoms with Crippen LogP contribution in [0.4, 0.5) is 18.0 Å². The number of ether oxygens (including phenoxy) is 2. The molecule has 1 fully saturated rings. The second kappa shape index (κ2) is 8.38. The van der Waals surface area contributed by atoms with Gasteiger partial charge in [-0.2, -0.15) is 13.2 Å². The Labute approximate surface area is 162 Å². The van der Waals surface area contributed by atoms with Crippen LogP contribution in [0.25, 0.3) is 0 Å². The number of piperazine rings is 1. The van der Waals surface area contributed by atoms with Crippen LogP contribution in [-0.4, -0.2) is 60.8 Å². The minimum atomic E-state index is -4.51. The number of nitrogens with zero attached hydrogens (tertiary/aromatic N) is 2. The Morgan fingerprint density at radius 3 is 2.18 bits per heavy atom. The summed E-state index contributed by atoms with van der Waals surface area (Å²) in [7, 11) is 1.19. The van der Waals surface area contributed by atoms with Crippen molar-refractivity contribution in [3.8, 4) is 0 Å². The second-order valence-corrected chi connectivity index (χ2v) is 7.55. The van der Waals surface area contributed by atoms with Gasteiger partial charge in [0.05, 0.1) is 12.7 Å². The quantitative estimate of drug-likeness (QED) is 0.725. The number of carbonyl (C=O) groups excluding carboxylic acids is 2. The summed E-state index contributed by atoms with van der Waals surface area (Å²) in [6.45, 7) is 6.49. The molecule has 1 atom stereocenters. The first-order valence-electron chi connectivity index (χ1n) is 8.89. The normalized spacial score (nSPS) is 17.2. The van der Waals surface area contributed by atoms with E-state index in [9.17, 15) is 22.8 Å². The van der Waals surface area contributed by atoms with E-state index in [1.807, 2.05) is 0 Å². The Balaban J connectivity index is 2.16. The van der Waals surface area contributed by atoms with Crippen molar-refractivity contribution in [2.24, 2.45) is 0 Å². The molecule has 0 aromatic heterocycles. The van der Waals surface area contributed by atoms with Crippen molar-refractivity contribution in [3.63, 3.8) is 0 Å². The SMILES string of the molecule is COC(=O)C(c1cccc(C(F)(F)F)c1)N1CCN(C(=O)OC(C)(C)C)CC1. The molecule has 1 unspecified atom stereocenters. The first-order chi connectivity index (χ1) is 12.9. The van der Waals surface area contributed by atoms with Gasteiger partial charge < -0.3 is 14.4 Å². The number of amides is 1. The Morgan fingerprint density at radius 1 is 1.07 bits per heavy atom. The van der Waals surface area contributed by atoms with Crippen LogP contribution in [0.5, 0.6) is 0 Å². The minimum Gasteiger partial charge on any atom is -0.468 e. The van der Waals surface area contributed by atoms with E-state index in [0.717, 1.165) is 12.1 Å². The highest BCUT2D eigenvalue weighted by molar-refractivity contribution is 5.77. The van der Waals surface area contributed by atoms with Gasteiger partial charge in [-0.05, 0) is 38.5 Å². The second-order valence-electron chi connectivity index (χ2n) is 7.55. The molecule has 28 heavy (non-hydrogen) atoms. The lowest BCUT2D eigenvalue weighted by Crippen LogP contribution is -2.52. The van der Waals surface area contributed by atoms with Gasteiger partial charge >= 0.3 is 18.2 Å². The fourth-order valence-electron chi connectivity index (χ4n) is 2.98. The fourth-order valence-corrected chi connectivity index (χ4v) is 2.98. The Bertz CT molecular complexity index is 708. The summed E-state index contributed by atoms with van der Waals surface area (Å²) in [6.07, 6.45) is -4.97. The number of esters is 1. The molecule has 6 nitrogen and oxygen atoms in total. The largest absolute Gasteiger partial charge is 0.468 e. The molecular weight excluding hydrogens is 377 g/mol. The summed E-state index contributed by atoms with van der Waals surface area (Å²) in [5, 5.41) is 0. The van der Waals surface area contributed by atoms with Crippen molar-refractivity contribution < 1.29 is 32.2 Å². The Morgan fingerprint density at radius 2 is 1.68 bits per heavy atom. The molecule has 1 aromatic carbocycles. The molecule has 0 aliphatic carbocycles. The van der Waals surface area contributed by atoms with Crippen molar-refractivity contribution in [2.45, 2.75) is 38.6 Å². The van der Waals surface area contributed by atoms with E-state index in [4.69, 9.17) is 9.47 Å². The zero-order valence-electron chi connectivity index (χ0n) is 16.4. The van der Waals surface area contributed by atoms with E-state index in [-0.39, 0.29) is 5.56 Å². The Hall–Kier alpha value is -2.29. The number of benzene rings is 1. The first kappa shape index (κ1) is 22.0. The maximum atomic E-state index is 13.0. The van der Waals surface area contributed by atoms with E-state index in [2.05, 4.69) is 0 Å². The number of hydrogen-bond acceptors (Lipinski definition) is 5. The average Bonchev–Trinajstić information content (AvgIpc) is 2.60. The molecule has 9 heteroatoms. The maximum Gasteiger partial charge on any atom is 0.416 e. The topological polar surface area (TPSA) is 59.1 Å². The average molecular weight is 402 g/mol. The van der Waals surface area contributed by atoms with Gasteiger partial charge in [0.25, 0.3) is 0 Å². The van der Waals surface area contributed by atoms with E-state index >= 15 is 0 Å².